The SMILES string of the molecule is CCCCCCCC(CC[CH]c1ccc(C#N)cc1)Oc1ccccc1. The van der Waals surface area contributed by atoms with Gasteiger partial charge in [-0.2, -0.15) is 5.26 Å². The summed E-state index contributed by atoms with van der Waals surface area (Å²) < 4.78 is 6.23. The summed E-state index contributed by atoms with van der Waals surface area (Å²) in [5.41, 5.74) is 1.88. The summed E-state index contributed by atoms with van der Waals surface area (Å²) >= 11 is 0. The Morgan fingerprint density at radius 2 is 1.65 bits per heavy atom. The summed E-state index contributed by atoms with van der Waals surface area (Å²) in [5.74, 6) is 0.962. The third-order valence-electron chi connectivity index (χ3n) is 4.58. The van der Waals surface area contributed by atoms with Crippen molar-refractivity contribution in [2.75, 3.05) is 0 Å². The molecular weight excluding hydrogens is 318 g/mol. The van der Waals surface area contributed by atoms with Crippen LogP contribution in [0.3, 0.4) is 0 Å². The zero-order chi connectivity index (χ0) is 18.5. The van der Waals surface area contributed by atoms with Gasteiger partial charge in [0.25, 0.3) is 0 Å². The van der Waals surface area contributed by atoms with E-state index in [-0.39, 0.29) is 6.10 Å². The van der Waals surface area contributed by atoms with Crippen molar-refractivity contribution in [3.63, 3.8) is 0 Å². The first kappa shape index (κ1) is 20.0. The van der Waals surface area contributed by atoms with Crippen LogP contribution in [0.5, 0.6) is 5.75 Å². The van der Waals surface area contributed by atoms with E-state index < -0.39 is 0 Å². The van der Waals surface area contributed by atoms with Crippen LogP contribution in [0.25, 0.3) is 0 Å². The highest BCUT2D eigenvalue weighted by Gasteiger charge is 2.11. The average Bonchev–Trinajstić information content (AvgIpc) is 2.69. The predicted octanol–water partition coefficient (Wildman–Crippen LogP) is 6.70. The second-order valence-electron chi connectivity index (χ2n) is 6.77. The number of rotatable bonds is 12. The molecule has 0 amide bonds. The highest BCUT2D eigenvalue weighted by molar-refractivity contribution is 5.34. The van der Waals surface area contributed by atoms with Crippen LogP contribution < -0.4 is 4.74 Å². The quantitative estimate of drug-likeness (QED) is 0.400. The number of nitrogens with zero attached hydrogens (tertiary/aromatic N) is 1. The molecule has 2 aromatic rings. The molecular formula is C24H30NO. The zero-order valence-corrected chi connectivity index (χ0v) is 15.9. The molecule has 0 saturated carbocycles. The van der Waals surface area contributed by atoms with Crippen LogP contribution in [0.2, 0.25) is 0 Å². The Kier molecular flexibility index (Phi) is 9.36. The van der Waals surface area contributed by atoms with Gasteiger partial charge in [0.15, 0.2) is 0 Å². The van der Waals surface area contributed by atoms with Crippen molar-refractivity contribution in [1.82, 2.24) is 0 Å². The fraction of sp³-hybridized carbons (Fsp3) is 0.417. The Morgan fingerprint density at radius 3 is 2.35 bits per heavy atom. The molecule has 0 aromatic heterocycles. The van der Waals surface area contributed by atoms with Crippen molar-refractivity contribution in [2.24, 2.45) is 0 Å². The minimum Gasteiger partial charge on any atom is -0.490 e. The van der Waals surface area contributed by atoms with Gasteiger partial charge in [0.1, 0.15) is 5.75 Å². The summed E-state index contributed by atoms with van der Waals surface area (Å²) in [4.78, 5) is 0. The Labute approximate surface area is 158 Å². The molecule has 0 fully saturated rings. The molecule has 2 rings (SSSR count). The number of hydrogen-bond donors (Lipinski definition) is 0. The van der Waals surface area contributed by atoms with Crippen molar-refractivity contribution in [1.29, 1.82) is 5.26 Å². The van der Waals surface area contributed by atoms with E-state index in [4.69, 9.17) is 10.00 Å². The fourth-order valence-electron chi connectivity index (χ4n) is 3.06. The zero-order valence-electron chi connectivity index (χ0n) is 15.9. The predicted molar refractivity (Wildman–Crippen MR) is 108 cm³/mol. The highest BCUT2D eigenvalue weighted by atomic mass is 16.5. The molecule has 0 aliphatic carbocycles. The third kappa shape index (κ3) is 7.74. The Balaban J connectivity index is 1.80. The number of hydrogen-bond acceptors (Lipinski definition) is 2. The maximum Gasteiger partial charge on any atom is 0.119 e. The molecule has 2 nitrogen and oxygen atoms in total. The van der Waals surface area contributed by atoms with E-state index in [1.165, 1.54) is 37.7 Å². The highest BCUT2D eigenvalue weighted by Crippen LogP contribution is 2.20. The van der Waals surface area contributed by atoms with Gasteiger partial charge in [0, 0.05) is 0 Å². The van der Waals surface area contributed by atoms with Gasteiger partial charge in [-0.05, 0) is 61.9 Å². The molecule has 0 aliphatic heterocycles. The first-order valence-electron chi connectivity index (χ1n) is 9.87. The lowest BCUT2D eigenvalue weighted by Crippen LogP contribution is -2.16. The van der Waals surface area contributed by atoms with Gasteiger partial charge in [0.2, 0.25) is 0 Å². The lowest BCUT2D eigenvalue weighted by Gasteiger charge is -2.19. The molecule has 2 heteroatoms. The van der Waals surface area contributed by atoms with Crippen LogP contribution in [-0.2, 0) is 0 Å². The molecule has 0 N–H and O–H groups in total. The van der Waals surface area contributed by atoms with E-state index in [0.29, 0.717) is 5.56 Å². The second-order valence-corrected chi connectivity index (χ2v) is 6.77. The molecule has 0 aliphatic rings. The van der Waals surface area contributed by atoms with Crippen LogP contribution in [0.1, 0.15) is 69.4 Å². The van der Waals surface area contributed by atoms with Crippen molar-refractivity contribution >= 4 is 0 Å². The summed E-state index contributed by atoms with van der Waals surface area (Å²) in [5, 5.41) is 8.88. The molecule has 1 atom stereocenters. The summed E-state index contributed by atoms with van der Waals surface area (Å²) in [7, 11) is 0. The number of benzene rings is 2. The van der Waals surface area contributed by atoms with Crippen LogP contribution >= 0.6 is 0 Å². The van der Waals surface area contributed by atoms with E-state index in [1.54, 1.807) is 0 Å². The third-order valence-corrected chi connectivity index (χ3v) is 4.58. The molecule has 0 saturated heterocycles. The van der Waals surface area contributed by atoms with Crippen LogP contribution in [0.15, 0.2) is 54.6 Å². The van der Waals surface area contributed by atoms with Crippen LogP contribution in [-0.4, -0.2) is 6.10 Å². The average molecular weight is 349 g/mol. The number of para-hydroxylation sites is 1. The molecule has 137 valence electrons. The normalized spacial score (nSPS) is 11.7. The minimum absolute atomic E-state index is 0.258. The molecule has 0 bridgehead atoms. The van der Waals surface area contributed by atoms with Gasteiger partial charge in [-0.3, -0.25) is 0 Å². The topological polar surface area (TPSA) is 33.0 Å². The number of nitriles is 1. The molecule has 1 radical (unpaired) electrons. The lowest BCUT2D eigenvalue weighted by molar-refractivity contribution is 0.177. The lowest BCUT2D eigenvalue weighted by atomic mass is 10.0. The molecule has 0 spiro atoms. The summed E-state index contributed by atoms with van der Waals surface area (Å²) in [6.07, 6.45) is 12.1. The minimum atomic E-state index is 0.258. The van der Waals surface area contributed by atoms with Gasteiger partial charge in [-0.15, -0.1) is 0 Å². The standard InChI is InChI=1S/C24H30NO/c1-2-3-4-5-7-12-24(26-23-13-8-6-9-14-23)15-10-11-21-16-18-22(20-25)19-17-21/h6,8-9,11,13-14,16-19,24H,2-5,7,10,12,15H2,1H3. The fourth-order valence-corrected chi connectivity index (χ4v) is 3.06. The van der Waals surface area contributed by atoms with E-state index in [2.05, 4.69) is 19.4 Å². The molecule has 1 unspecified atom stereocenters. The largest absolute Gasteiger partial charge is 0.490 e. The Bertz CT molecular complexity index is 642. The first-order chi connectivity index (χ1) is 12.8. The monoisotopic (exact) mass is 348 g/mol. The van der Waals surface area contributed by atoms with Gasteiger partial charge in [-0.25, -0.2) is 0 Å². The van der Waals surface area contributed by atoms with Gasteiger partial charge in [-0.1, -0.05) is 62.9 Å². The van der Waals surface area contributed by atoms with Crippen molar-refractivity contribution < 1.29 is 4.74 Å². The van der Waals surface area contributed by atoms with Gasteiger partial charge < -0.3 is 4.74 Å². The van der Waals surface area contributed by atoms with Crippen molar-refractivity contribution in [3.05, 3.63) is 72.1 Å². The first-order valence-corrected chi connectivity index (χ1v) is 9.87. The Morgan fingerprint density at radius 1 is 0.923 bits per heavy atom. The van der Waals surface area contributed by atoms with Crippen molar-refractivity contribution in [3.8, 4) is 11.8 Å². The summed E-state index contributed by atoms with van der Waals surface area (Å²) in [6.45, 7) is 2.25. The van der Waals surface area contributed by atoms with E-state index >= 15 is 0 Å². The molecule has 0 heterocycles. The molecule has 2 aromatic carbocycles. The maximum atomic E-state index is 8.88. The summed E-state index contributed by atoms with van der Waals surface area (Å²) in [6, 6.07) is 20.1. The van der Waals surface area contributed by atoms with E-state index in [9.17, 15) is 0 Å². The second kappa shape index (κ2) is 12.1. The number of unbranched alkanes of at least 4 members (excludes halogenated alkanes) is 4. The van der Waals surface area contributed by atoms with Crippen LogP contribution in [0, 0.1) is 17.8 Å². The van der Waals surface area contributed by atoms with Crippen LogP contribution in [0.4, 0.5) is 0 Å². The van der Waals surface area contributed by atoms with Gasteiger partial charge >= 0.3 is 0 Å². The Hall–Kier alpha value is -2.27. The maximum absolute atomic E-state index is 8.88. The van der Waals surface area contributed by atoms with E-state index in [1.807, 2.05) is 54.6 Å². The van der Waals surface area contributed by atoms with E-state index in [0.717, 1.165) is 25.0 Å². The molecule has 26 heavy (non-hydrogen) atoms. The smallest absolute Gasteiger partial charge is 0.119 e. The van der Waals surface area contributed by atoms with Gasteiger partial charge in [0.05, 0.1) is 17.7 Å². The van der Waals surface area contributed by atoms with Crippen molar-refractivity contribution in [2.45, 2.75) is 64.4 Å². The number of ether oxygens (including phenoxy) is 1.